The fourth-order valence-corrected chi connectivity index (χ4v) is 5.34. The smallest absolute Gasteiger partial charge is 0.169 e. The van der Waals surface area contributed by atoms with E-state index >= 15 is 0 Å². The Kier molecular flexibility index (Phi) is 8.03. The normalized spacial score (nSPS) is 16.3. The van der Waals surface area contributed by atoms with Crippen LogP contribution in [0.1, 0.15) is 54.9 Å². The van der Waals surface area contributed by atoms with E-state index in [1.165, 1.54) is 14.2 Å². The largest absolute Gasteiger partial charge is 0.504 e. The topological polar surface area (TPSA) is 97.6 Å². The van der Waals surface area contributed by atoms with Gasteiger partial charge in [-0.3, -0.25) is 0 Å². The van der Waals surface area contributed by atoms with E-state index in [0.29, 0.717) is 34.1 Å². The van der Waals surface area contributed by atoms with Crippen LogP contribution in [-0.2, 0) is 12.8 Å². The summed E-state index contributed by atoms with van der Waals surface area (Å²) in [4.78, 5) is 0. The highest BCUT2D eigenvalue weighted by molar-refractivity contribution is 5.86. The molecule has 0 saturated heterocycles. The molecule has 0 spiro atoms. The molecule has 2 atom stereocenters. The number of hydrogen-bond acceptors (Lipinski definition) is 7. The number of hydrogen-bond donors (Lipinski definition) is 3. The van der Waals surface area contributed by atoms with Crippen molar-refractivity contribution in [3.05, 3.63) is 58.7 Å². The van der Waals surface area contributed by atoms with Crippen molar-refractivity contribution < 1.29 is 34.3 Å². The van der Waals surface area contributed by atoms with E-state index in [1.807, 2.05) is 18.2 Å². The molecule has 0 amide bonds. The molecule has 198 valence electrons. The number of fused-ring (bicyclic) bond motifs is 3. The van der Waals surface area contributed by atoms with E-state index in [4.69, 9.17) is 18.9 Å². The summed E-state index contributed by atoms with van der Waals surface area (Å²) < 4.78 is 23.3. The lowest BCUT2D eigenvalue weighted by molar-refractivity contribution is 0.102. The number of benzene rings is 3. The molecular formula is C30H36O7. The molecule has 0 bridgehead atoms. The molecule has 3 N–H and O–H groups in total. The molecule has 1 aliphatic rings. The Bertz CT molecular complexity index is 1270. The van der Waals surface area contributed by atoms with Gasteiger partial charge in [-0.25, -0.2) is 0 Å². The van der Waals surface area contributed by atoms with E-state index in [0.717, 1.165) is 47.9 Å². The first kappa shape index (κ1) is 26.5. The maximum absolute atomic E-state index is 11.6. The summed E-state index contributed by atoms with van der Waals surface area (Å²) in [6, 6.07) is 11.0. The van der Waals surface area contributed by atoms with E-state index in [-0.39, 0.29) is 18.1 Å². The van der Waals surface area contributed by atoms with Gasteiger partial charge >= 0.3 is 0 Å². The quantitative estimate of drug-likeness (QED) is 0.347. The lowest BCUT2D eigenvalue weighted by atomic mass is 9.78. The molecule has 0 saturated carbocycles. The maximum atomic E-state index is 11.6. The fourth-order valence-electron chi connectivity index (χ4n) is 5.34. The summed E-state index contributed by atoms with van der Waals surface area (Å²) in [5.74, 6) is 1.22. The SMILES string of the molecule is CCCc1cc(OC)c2c(c1)-c1c(O)c(OC)cc(CCC)c1[C@H](c1ccc(O)c(OC)c1)[C@@H](CO)O2. The third-order valence-corrected chi connectivity index (χ3v) is 6.97. The molecule has 1 aliphatic heterocycles. The van der Waals surface area contributed by atoms with Gasteiger partial charge in [0.25, 0.3) is 0 Å². The summed E-state index contributed by atoms with van der Waals surface area (Å²) in [7, 11) is 4.62. The van der Waals surface area contributed by atoms with E-state index in [2.05, 4.69) is 13.8 Å². The van der Waals surface area contributed by atoms with Crippen molar-refractivity contribution >= 4 is 0 Å². The minimum absolute atomic E-state index is 0.00670. The second-order valence-corrected chi connectivity index (χ2v) is 9.30. The molecule has 3 aromatic rings. The van der Waals surface area contributed by atoms with Gasteiger partial charge in [-0.2, -0.15) is 0 Å². The number of rotatable bonds is 9. The number of aliphatic hydroxyl groups is 1. The Morgan fingerprint density at radius 3 is 2.16 bits per heavy atom. The minimum atomic E-state index is -0.705. The molecule has 3 aromatic carbocycles. The Balaban J connectivity index is 2.15. The minimum Gasteiger partial charge on any atom is -0.504 e. The van der Waals surface area contributed by atoms with Gasteiger partial charge in [-0.15, -0.1) is 0 Å². The summed E-state index contributed by atoms with van der Waals surface area (Å²) in [5, 5.41) is 32.5. The molecule has 0 aromatic heterocycles. The van der Waals surface area contributed by atoms with Crippen LogP contribution in [0.3, 0.4) is 0 Å². The van der Waals surface area contributed by atoms with Crippen LogP contribution >= 0.6 is 0 Å². The third kappa shape index (κ3) is 4.76. The maximum Gasteiger partial charge on any atom is 0.169 e. The second kappa shape index (κ2) is 11.2. The number of phenols is 2. The molecular weight excluding hydrogens is 472 g/mol. The highest BCUT2D eigenvalue weighted by Crippen LogP contribution is 2.55. The Morgan fingerprint density at radius 2 is 1.54 bits per heavy atom. The highest BCUT2D eigenvalue weighted by Gasteiger charge is 2.38. The molecule has 7 heteroatoms. The molecule has 1 heterocycles. The summed E-state index contributed by atoms with van der Waals surface area (Å²) in [5.41, 5.74) is 4.95. The monoisotopic (exact) mass is 508 g/mol. The number of aliphatic hydroxyl groups excluding tert-OH is 1. The standard InChI is InChI=1S/C30H36O7/c1-6-8-17-12-20-28-27(18(9-7-2)15-23(35-4)29(28)33)26(19-10-11-21(32)22(14-19)34-3)25(16-31)37-30(20)24(13-17)36-5/h10-15,25-26,31-33H,6-9,16H2,1-5H3/t25-,26-/m1/s1. The van der Waals surface area contributed by atoms with Gasteiger partial charge < -0.3 is 34.3 Å². The fraction of sp³-hybridized carbons (Fsp3) is 0.400. The lowest BCUT2D eigenvalue weighted by Crippen LogP contribution is -2.30. The number of phenolic OH excluding ortho intramolecular Hbond substituents is 2. The van der Waals surface area contributed by atoms with E-state index in [1.54, 1.807) is 25.3 Å². The molecule has 0 aliphatic carbocycles. The number of methoxy groups -OCH3 is 3. The van der Waals surface area contributed by atoms with Gasteiger partial charge in [0.1, 0.15) is 6.10 Å². The van der Waals surface area contributed by atoms with Gasteiger partial charge in [-0.05, 0) is 65.4 Å². The summed E-state index contributed by atoms with van der Waals surface area (Å²) >= 11 is 0. The van der Waals surface area contributed by atoms with Crippen LogP contribution in [0.2, 0.25) is 0 Å². The van der Waals surface area contributed by atoms with Crippen molar-refractivity contribution in [2.24, 2.45) is 0 Å². The van der Waals surface area contributed by atoms with E-state index < -0.39 is 12.0 Å². The van der Waals surface area contributed by atoms with Crippen molar-refractivity contribution in [2.75, 3.05) is 27.9 Å². The summed E-state index contributed by atoms with van der Waals surface area (Å²) in [6.07, 6.45) is 2.65. The van der Waals surface area contributed by atoms with E-state index in [9.17, 15) is 15.3 Å². The molecule has 7 nitrogen and oxygen atoms in total. The van der Waals surface area contributed by atoms with Crippen LogP contribution in [0.15, 0.2) is 36.4 Å². The number of aryl methyl sites for hydroxylation is 2. The molecule has 0 unspecified atom stereocenters. The van der Waals surface area contributed by atoms with Gasteiger partial charge in [0.05, 0.1) is 27.9 Å². The van der Waals surface area contributed by atoms with Crippen molar-refractivity contribution in [2.45, 2.75) is 51.6 Å². The van der Waals surface area contributed by atoms with Gasteiger partial charge in [-0.1, -0.05) is 32.8 Å². The predicted octanol–water partition coefficient (Wildman–Crippen LogP) is 5.58. The average Bonchev–Trinajstić information content (AvgIpc) is 3.05. The average molecular weight is 509 g/mol. The first-order valence-electron chi connectivity index (χ1n) is 12.7. The number of ether oxygens (including phenoxy) is 4. The first-order valence-corrected chi connectivity index (χ1v) is 12.7. The highest BCUT2D eigenvalue weighted by atomic mass is 16.5. The Hall–Kier alpha value is -3.58. The predicted molar refractivity (Wildman–Crippen MR) is 143 cm³/mol. The molecule has 4 rings (SSSR count). The second-order valence-electron chi connectivity index (χ2n) is 9.30. The zero-order valence-electron chi connectivity index (χ0n) is 22.1. The first-order chi connectivity index (χ1) is 17.9. The zero-order valence-corrected chi connectivity index (χ0v) is 22.1. The lowest BCUT2D eigenvalue weighted by Gasteiger charge is -2.29. The van der Waals surface area contributed by atoms with Crippen LogP contribution in [0.25, 0.3) is 11.1 Å². The van der Waals surface area contributed by atoms with Crippen molar-refractivity contribution in [3.63, 3.8) is 0 Å². The Morgan fingerprint density at radius 1 is 0.838 bits per heavy atom. The van der Waals surface area contributed by atoms with Crippen LogP contribution in [0.4, 0.5) is 0 Å². The van der Waals surface area contributed by atoms with Crippen molar-refractivity contribution in [1.29, 1.82) is 0 Å². The van der Waals surface area contributed by atoms with Gasteiger partial charge in [0.15, 0.2) is 34.5 Å². The van der Waals surface area contributed by atoms with Gasteiger partial charge in [0.2, 0.25) is 0 Å². The number of aromatic hydroxyl groups is 2. The third-order valence-electron chi connectivity index (χ3n) is 6.97. The molecule has 37 heavy (non-hydrogen) atoms. The van der Waals surface area contributed by atoms with Crippen LogP contribution in [-0.4, -0.2) is 49.4 Å². The van der Waals surface area contributed by atoms with Crippen molar-refractivity contribution in [1.82, 2.24) is 0 Å². The molecule has 0 fully saturated rings. The summed E-state index contributed by atoms with van der Waals surface area (Å²) in [6.45, 7) is 3.92. The van der Waals surface area contributed by atoms with Gasteiger partial charge in [0, 0.05) is 17.0 Å². The van der Waals surface area contributed by atoms with Crippen LogP contribution < -0.4 is 18.9 Å². The van der Waals surface area contributed by atoms with Crippen molar-refractivity contribution in [3.8, 4) is 45.6 Å². The zero-order chi connectivity index (χ0) is 26.7. The van der Waals surface area contributed by atoms with Crippen LogP contribution in [0.5, 0.6) is 34.5 Å². The Labute approximate surface area is 218 Å². The van der Waals surface area contributed by atoms with Crippen LogP contribution in [0, 0.1) is 0 Å². The molecule has 0 radical (unpaired) electrons.